The molecule has 1 aliphatic carbocycles. The van der Waals surface area contributed by atoms with Gasteiger partial charge in [0.1, 0.15) is 16.9 Å². The average molecular weight is 376 g/mol. The van der Waals surface area contributed by atoms with Crippen molar-refractivity contribution in [2.24, 2.45) is 5.92 Å². The van der Waals surface area contributed by atoms with Crippen molar-refractivity contribution in [3.05, 3.63) is 21.8 Å². The van der Waals surface area contributed by atoms with E-state index in [9.17, 15) is 10.1 Å². The summed E-state index contributed by atoms with van der Waals surface area (Å²) in [6.07, 6.45) is 3.03. The quantitative estimate of drug-likeness (QED) is 0.810. The maximum Gasteiger partial charge on any atom is 0.235 e. The number of thiophene rings is 1. The Morgan fingerprint density at radius 3 is 3.04 bits per heavy atom. The summed E-state index contributed by atoms with van der Waals surface area (Å²) in [5.41, 5.74) is 1.78. The second-order valence-electron chi connectivity index (χ2n) is 6.28. The fraction of sp³-hybridized carbons (Fsp3) is 0.529. The van der Waals surface area contributed by atoms with Crippen molar-refractivity contribution >= 4 is 34.0 Å². The number of fused-ring (bicyclic) bond motifs is 1. The summed E-state index contributed by atoms with van der Waals surface area (Å²) >= 11 is 2.92. The molecule has 1 amide bonds. The Bertz CT molecular complexity index is 833. The van der Waals surface area contributed by atoms with Gasteiger partial charge in [0, 0.05) is 11.4 Å². The first kappa shape index (κ1) is 18.0. The molecule has 0 radical (unpaired) electrons. The fourth-order valence-corrected chi connectivity index (χ4v) is 5.31. The number of hydrogen-bond acceptors (Lipinski definition) is 6. The monoisotopic (exact) mass is 375 g/mol. The molecule has 2 heterocycles. The largest absolute Gasteiger partial charge is 0.316 e. The van der Waals surface area contributed by atoms with Gasteiger partial charge in [-0.3, -0.25) is 4.79 Å². The number of carbonyl (C=O) groups is 1. The van der Waals surface area contributed by atoms with Gasteiger partial charge in [-0.2, -0.15) is 5.26 Å². The fourth-order valence-electron chi connectivity index (χ4n) is 3.08. The lowest BCUT2D eigenvalue weighted by Gasteiger charge is -2.17. The van der Waals surface area contributed by atoms with Crippen molar-refractivity contribution in [3.63, 3.8) is 0 Å². The van der Waals surface area contributed by atoms with Crippen molar-refractivity contribution in [1.29, 1.82) is 5.26 Å². The lowest BCUT2D eigenvalue weighted by Crippen LogP contribution is -2.14. The highest BCUT2D eigenvalue weighted by atomic mass is 32.2. The number of nitrogens with zero attached hydrogens (tertiary/aromatic N) is 4. The molecule has 0 fully saturated rings. The number of amides is 1. The molecule has 8 heteroatoms. The Hall–Kier alpha value is -1.85. The van der Waals surface area contributed by atoms with Crippen LogP contribution in [0.15, 0.2) is 5.16 Å². The maximum absolute atomic E-state index is 12.3. The Morgan fingerprint density at radius 1 is 1.52 bits per heavy atom. The highest BCUT2D eigenvalue weighted by Crippen LogP contribution is 2.39. The summed E-state index contributed by atoms with van der Waals surface area (Å²) < 4.78 is 1.98. The predicted octanol–water partition coefficient (Wildman–Crippen LogP) is 3.40. The SMILES string of the molecule is CCn1c(C)nnc1SCC(=O)Nc1sc2c(c1C#N)CC[C@H](C)C2. The molecule has 2 aromatic rings. The molecule has 0 saturated carbocycles. The molecule has 6 nitrogen and oxygen atoms in total. The van der Waals surface area contributed by atoms with Crippen LogP contribution in [0, 0.1) is 24.2 Å². The minimum Gasteiger partial charge on any atom is -0.316 e. The number of thioether (sulfide) groups is 1. The van der Waals surface area contributed by atoms with Crippen LogP contribution in [0.2, 0.25) is 0 Å². The van der Waals surface area contributed by atoms with Gasteiger partial charge in [0.2, 0.25) is 5.91 Å². The first-order valence-electron chi connectivity index (χ1n) is 8.40. The van der Waals surface area contributed by atoms with Crippen LogP contribution in [-0.2, 0) is 24.2 Å². The number of nitrogens with one attached hydrogen (secondary N) is 1. The van der Waals surface area contributed by atoms with Crippen LogP contribution in [0.1, 0.15) is 42.1 Å². The second-order valence-corrected chi connectivity index (χ2v) is 8.33. The van der Waals surface area contributed by atoms with E-state index in [0.29, 0.717) is 16.5 Å². The van der Waals surface area contributed by atoms with E-state index < -0.39 is 0 Å². The van der Waals surface area contributed by atoms with E-state index >= 15 is 0 Å². The Morgan fingerprint density at radius 2 is 2.32 bits per heavy atom. The van der Waals surface area contributed by atoms with Crippen molar-refractivity contribution in [2.75, 3.05) is 11.1 Å². The lowest BCUT2D eigenvalue weighted by atomic mass is 9.89. The zero-order valence-corrected chi connectivity index (χ0v) is 16.3. The summed E-state index contributed by atoms with van der Waals surface area (Å²) in [5.74, 6) is 1.62. The summed E-state index contributed by atoms with van der Waals surface area (Å²) in [6, 6.07) is 2.28. The molecule has 1 aliphatic rings. The van der Waals surface area contributed by atoms with Gasteiger partial charge < -0.3 is 9.88 Å². The number of hydrogen-bond donors (Lipinski definition) is 1. The molecule has 2 aromatic heterocycles. The minimum absolute atomic E-state index is 0.114. The van der Waals surface area contributed by atoms with Gasteiger partial charge in [-0.25, -0.2) is 0 Å². The first-order chi connectivity index (χ1) is 12.0. The maximum atomic E-state index is 12.3. The number of rotatable bonds is 5. The van der Waals surface area contributed by atoms with Crippen molar-refractivity contribution in [1.82, 2.24) is 14.8 Å². The van der Waals surface area contributed by atoms with E-state index in [2.05, 4.69) is 28.5 Å². The van der Waals surface area contributed by atoms with Gasteiger partial charge in [0.25, 0.3) is 0 Å². The molecule has 3 rings (SSSR count). The van der Waals surface area contributed by atoms with Gasteiger partial charge in [0.05, 0.1) is 11.3 Å². The molecule has 25 heavy (non-hydrogen) atoms. The number of aromatic nitrogens is 3. The predicted molar refractivity (Wildman–Crippen MR) is 100 cm³/mol. The van der Waals surface area contributed by atoms with E-state index in [1.54, 1.807) is 11.3 Å². The summed E-state index contributed by atoms with van der Waals surface area (Å²) in [5, 5.41) is 22.0. The van der Waals surface area contributed by atoms with Gasteiger partial charge >= 0.3 is 0 Å². The molecule has 0 spiro atoms. The summed E-state index contributed by atoms with van der Waals surface area (Å²) in [4.78, 5) is 13.6. The van der Waals surface area contributed by atoms with Crippen LogP contribution >= 0.6 is 23.1 Å². The van der Waals surface area contributed by atoms with Crippen molar-refractivity contribution in [3.8, 4) is 6.07 Å². The number of aryl methyl sites for hydroxylation is 1. The van der Waals surface area contributed by atoms with Gasteiger partial charge in [-0.05, 0) is 44.6 Å². The minimum atomic E-state index is -0.114. The first-order valence-corrected chi connectivity index (χ1v) is 10.2. The highest BCUT2D eigenvalue weighted by molar-refractivity contribution is 7.99. The molecule has 0 aliphatic heterocycles. The zero-order chi connectivity index (χ0) is 18.0. The molecule has 0 unspecified atom stereocenters. The Balaban J connectivity index is 1.68. The van der Waals surface area contributed by atoms with Crippen LogP contribution in [0.5, 0.6) is 0 Å². The topological polar surface area (TPSA) is 83.6 Å². The number of nitriles is 1. The van der Waals surface area contributed by atoms with E-state index in [1.165, 1.54) is 16.6 Å². The number of anilines is 1. The van der Waals surface area contributed by atoms with Gasteiger partial charge in [0.15, 0.2) is 5.16 Å². The molecule has 1 atom stereocenters. The van der Waals surface area contributed by atoms with Crippen LogP contribution in [0.25, 0.3) is 0 Å². The van der Waals surface area contributed by atoms with Crippen molar-refractivity contribution in [2.45, 2.75) is 51.7 Å². The molecule has 0 aromatic carbocycles. The van der Waals surface area contributed by atoms with Gasteiger partial charge in [-0.15, -0.1) is 21.5 Å². The lowest BCUT2D eigenvalue weighted by molar-refractivity contribution is -0.113. The normalized spacial score (nSPS) is 16.3. The van der Waals surface area contributed by atoms with E-state index in [-0.39, 0.29) is 11.7 Å². The third-order valence-electron chi connectivity index (χ3n) is 4.43. The highest BCUT2D eigenvalue weighted by Gasteiger charge is 2.24. The van der Waals surface area contributed by atoms with Crippen LogP contribution < -0.4 is 5.32 Å². The zero-order valence-electron chi connectivity index (χ0n) is 14.6. The van der Waals surface area contributed by atoms with Gasteiger partial charge in [-0.1, -0.05) is 18.7 Å². The van der Waals surface area contributed by atoms with Crippen LogP contribution in [0.3, 0.4) is 0 Å². The molecular weight excluding hydrogens is 354 g/mol. The molecular formula is C17H21N5OS2. The standard InChI is InChI=1S/C17H21N5OS2/c1-4-22-11(3)20-21-17(22)24-9-15(23)19-16-13(8-18)12-6-5-10(2)7-14(12)25-16/h10H,4-7,9H2,1-3H3,(H,19,23)/t10-/m0/s1. The van der Waals surface area contributed by atoms with E-state index in [1.807, 2.05) is 18.4 Å². The third-order valence-corrected chi connectivity index (χ3v) is 6.56. The molecule has 0 bridgehead atoms. The second kappa shape index (κ2) is 7.58. The molecule has 0 saturated heterocycles. The molecule has 132 valence electrons. The number of carbonyl (C=O) groups excluding carboxylic acids is 1. The summed E-state index contributed by atoms with van der Waals surface area (Å²) in [6.45, 7) is 6.93. The Kier molecular flexibility index (Phi) is 5.45. The average Bonchev–Trinajstić information content (AvgIpc) is 3.11. The van der Waals surface area contributed by atoms with E-state index in [0.717, 1.165) is 42.4 Å². The smallest absolute Gasteiger partial charge is 0.235 e. The van der Waals surface area contributed by atoms with Crippen LogP contribution in [0.4, 0.5) is 5.00 Å². The van der Waals surface area contributed by atoms with Crippen LogP contribution in [-0.4, -0.2) is 26.4 Å². The van der Waals surface area contributed by atoms with E-state index in [4.69, 9.17) is 0 Å². The molecule has 1 N–H and O–H groups in total. The van der Waals surface area contributed by atoms with Crippen molar-refractivity contribution < 1.29 is 4.79 Å². The summed E-state index contributed by atoms with van der Waals surface area (Å²) in [7, 11) is 0. The Labute approximate surface area is 155 Å². The third kappa shape index (κ3) is 3.72.